The van der Waals surface area contributed by atoms with Crippen molar-refractivity contribution >= 4 is 17.2 Å². The van der Waals surface area contributed by atoms with Crippen LogP contribution in [0.15, 0.2) is 29.1 Å². The van der Waals surface area contributed by atoms with Crippen molar-refractivity contribution in [3.8, 4) is 11.5 Å². The number of rotatable bonds is 6. The predicted molar refractivity (Wildman–Crippen MR) is 92.8 cm³/mol. The van der Waals surface area contributed by atoms with Crippen molar-refractivity contribution in [2.24, 2.45) is 0 Å². The molecular weight excluding hydrogens is 326 g/mol. The molecule has 6 nitrogen and oxygen atoms in total. The summed E-state index contributed by atoms with van der Waals surface area (Å²) in [5, 5.41) is 5.22. The topological polar surface area (TPSA) is 63.7 Å². The summed E-state index contributed by atoms with van der Waals surface area (Å²) >= 11 is 1.53. The van der Waals surface area contributed by atoms with Crippen LogP contribution >= 0.6 is 11.3 Å². The molecule has 0 saturated carbocycles. The number of carbonyl (C=O) groups excluding carboxylic acids is 1. The Hall–Kier alpha value is -2.12. The maximum Gasteiger partial charge on any atom is 0.254 e. The number of carbonyl (C=O) groups is 1. The van der Waals surface area contributed by atoms with Crippen LogP contribution in [0.25, 0.3) is 0 Å². The highest BCUT2D eigenvalue weighted by Crippen LogP contribution is 2.29. The van der Waals surface area contributed by atoms with Gasteiger partial charge in [-0.1, -0.05) is 0 Å². The Labute approximate surface area is 145 Å². The molecule has 128 valence electrons. The number of methoxy groups -OCH3 is 1. The van der Waals surface area contributed by atoms with Crippen LogP contribution in [-0.4, -0.2) is 49.1 Å². The molecule has 3 rings (SSSR count). The van der Waals surface area contributed by atoms with E-state index in [9.17, 15) is 4.79 Å². The normalized spacial score (nSPS) is 16.8. The number of nitrogens with zero attached hydrogens (tertiary/aromatic N) is 2. The lowest BCUT2D eigenvalue weighted by Gasteiger charge is -2.24. The van der Waals surface area contributed by atoms with E-state index in [2.05, 4.69) is 10.3 Å². The summed E-state index contributed by atoms with van der Waals surface area (Å²) in [6, 6.07) is 5.53. The number of hydrogen-bond acceptors (Lipinski definition) is 6. The summed E-state index contributed by atoms with van der Waals surface area (Å²) in [7, 11) is 3.42. The molecule has 0 bridgehead atoms. The van der Waals surface area contributed by atoms with Crippen LogP contribution in [0.4, 0.5) is 0 Å². The van der Waals surface area contributed by atoms with Crippen LogP contribution in [0, 0.1) is 0 Å². The largest absolute Gasteiger partial charge is 0.493 e. The third-order valence-corrected chi connectivity index (χ3v) is 4.81. The quantitative estimate of drug-likeness (QED) is 0.868. The maximum absolute atomic E-state index is 12.6. The van der Waals surface area contributed by atoms with E-state index in [4.69, 9.17) is 9.47 Å². The molecule has 7 heteroatoms. The van der Waals surface area contributed by atoms with E-state index in [-0.39, 0.29) is 11.9 Å². The van der Waals surface area contributed by atoms with Gasteiger partial charge in [0.05, 0.1) is 18.3 Å². The van der Waals surface area contributed by atoms with Crippen molar-refractivity contribution in [3.63, 3.8) is 0 Å². The molecule has 1 aromatic heterocycles. The van der Waals surface area contributed by atoms with Gasteiger partial charge in [-0.2, -0.15) is 0 Å². The van der Waals surface area contributed by atoms with Crippen LogP contribution in [0.5, 0.6) is 11.5 Å². The molecule has 1 saturated heterocycles. The Balaban J connectivity index is 1.71. The van der Waals surface area contributed by atoms with Crippen molar-refractivity contribution in [3.05, 3.63) is 40.3 Å². The minimum atomic E-state index is -0.00643. The summed E-state index contributed by atoms with van der Waals surface area (Å²) in [5.41, 5.74) is 3.24. The molecule has 2 heterocycles. The van der Waals surface area contributed by atoms with Crippen LogP contribution in [0.2, 0.25) is 0 Å². The lowest BCUT2D eigenvalue weighted by Crippen LogP contribution is -2.38. The van der Waals surface area contributed by atoms with Gasteiger partial charge in [-0.25, -0.2) is 4.98 Å². The second-order valence-corrected chi connectivity index (χ2v) is 6.42. The van der Waals surface area contributed by atoms with E-state index >= 15 is 0 Å². The summed E-state index contributed by atoms with van der Waals surface area (Å²) in [4.78, 5) is 18.6. The molecule has 1 amide bonds. The number of nitrogens with one attached hydrogen (secondary N) is 1. The minimum Gasteiger partial charge on any atom is -0.493 e. The molecule has 1 atom stereocenters. The average Bonchev–Trinajstić information content (AvgIpc) is 3.32. The molecule has 0 aliphatic carbocycles. The third-order valence-electron chi connectivity index (χ3n) is 4.17. The fourth-order valence-electron chi connectivity index (χ4n) is 2.72. The number of benzene rings is 1. The molecule has 2 aromatic rings. The fraction of sp³-hybridized carbons (Fsp3) is 0.412. The van der Waals surface area contributed by atoms with Crippen LogP contribution < -0.4 is 14.8 Å². The highest BCUT2D eigenvalue weighted by Gasteiger charge is 2.24. The molecule has 1 aliphatic heterocycles. The van der Waals surface area contributed by atoms with E-state index in [1.165, 1.54) is 11.3 Å². The Morgan fingerprint density at radius 3 is 3.00 bits per heavy atom. The van der Waals surface area contributed by atoms with Crippen molar-refractivity contribution < 1.29 is 14.3 Å². The molecule has 1 fully saturated rings. The molecule has 1 aromatic carbocycles. The smallest absolute Gasteiger partial charge is 0.254 e. The second-order valence-electron chi connectivity index (χ2n) is 5.70. The van der Waals surface area contributed by atoms with Gasteiger partial charge >= 0.3 is 0 Å². The molecular formula is C17H21N3O3S. The van der Waals surface area contributed by atoms with Crippen molar-refractivity contribution in [2.75, 3.05) is 27.2 Å². The number of hydrogen-bond donors (Lipinski definition) is 1. The van der Waals surface area contributed by atoms with Gasteiger partial charge in [0, 0.05) is 30.6 Å². The van der Waals surface area contributed by atoms with E-state index in [0.717, 1.165) is 25.2 Å². The number of ether oxygens (including phenoxy) is 2. The summed E-state index contributed by atoms with van der Waals surface area (Å²) in [6.07, 6.45) is 0.980. The lowest BCUT2D eigenvalue weighted by atomic mass is 10.1. The molecule has 0 spiro atoms. The fourth-order valence-corrected chi connectivity index (χ4v) is 3.26. The Kier molecular flexibility index (Phi) is 5.32. The summed E-state index contributed by atoms with van der Waals surface area (Å²) in [6.45, 7) is 2.17. The van der Waals surface area contributed by atoms with Gasteiger partial charge in [0.2, 0.25) is 0 Å². The monoisotopic (exact) mass is 347 g/mol. The number of amides is 1. The predicted octanol–water partition coefficient (Wildman–Crippen LogP) is 2.16. The van der Waals surface area contributed by atoms with E-state index in [1.807, 2.05) is 12.4 Å². The van der Waals surface area contributed by atoms with Crippen molar-refractivity contribution in [1.29, 1.82) is 0 Å². The van der Waals surface area contributed by atoms with Gasteiger partial charge in [0.1, 0.15) is 6.61 Å². The zero-order valence-electron chi connectivity index (χ0n) is 13.8. The van der Waals surface area contributed by atoms with E-state index < -0.39 is 0 Å². The summed E-state index contributed by atoms with van der Waals surface area (Å²) < 4.78 is 11.1. The van der Waals surface area contributed by atoms with Gasteiger partial charge in [-0.05, 0) is 31.2 Å². The Morgan fingerprint density at radius 1 is 1.46 bits per heavy atom. The first-order valence-electron chi connectivity index (χ1n) is 7.85. The number of likely N-dealkylation sites (N-methyl/N-ethyl adjacent to an activating group) is 1. The van der Waals surface area contributed by atoms with Crippen LogP contribution in [-0.2, 0) is 6.61 Å². The zero-order chi connectivity index (χ0) is 16.9. The highest BCUT2D eigenvalue weighted by atomic mass is 32.1. The van der Waals surface area contributed by atoms with Crippen LogP contribution in [0.1, 0.15) is 22.5 Å². The van der Waals surface area contributed by atoms with Gasteiger partial charge in [0.25, 0.3) is 5.91 Å². The van der Waals surface area contributed by atoms with Crippen LogP contribution in [0.3, 0.4) is 0 Å². The van der Waals surface area contributed by atoms with E-state index in [0.29, 0.717) is 23.7 Å². The summed E-state index contributed by atoms with van der Waals surface area (Å²) in [5.74, 6) is 1.15. The Morgan fingerprint density at radius 2 is 2.33 bits per heavy atom. The number of aromatic nitrogens is 1. The molecule has 24 heavy (non-hydrogen) atoms. The lowest BCUT2D eigenvalue weighted by molar-refractivity contribution is 0.0743. The molecule has 0 radical (unpaired) electrons. The first-order valence-corrected chi connectivity index (χ1v) is 8.79. The van der Waals surface area contributed by atoms with E-state index in [1.54, 1.807) is 35.7 Å². The first-order chi connectivity index (χ1) is 11.7. The SMILES string of the molecule is COc1cc(C(=O)N(C)C2CCNC2)ccc1OCc1cscn1. The van der Waals surface area contributed by atoms with Crippen molar-refractivity contribution in [1.82, 2.24) is 15.2 Å². The minimum absolute atomic E-state index is 0.00643. The molecule has 1 aliphatic rings. The standard InChI is InChI=1S/C17H21N3O3S/c1-20(14-5-6-18-8-14)17(21)12-3-4-15(16(7-12)22-2)23-9-13-10-24-11-19-13/h3-4,7,10-11,14,18H,5-6,8-9H2,1-2H3. The third kappa shape index (κ3) is 3.68. The Bertz CT molecular complexity index is 684. The number of thiazole rings is 1. The van der Waals surface area contributed by atoms with Gasteiger partial charge in [0.15, 0.2) is 11.5 Å². The molecule has 1 N–H and O–H groups in total. The van der Waals surface area contributed by atoms with Crippen molar-refractivity contribution in [2.45, 2.75) is 19.1 Å². The average molecular weight is 347 g/mol. The highest BCUT2D eigenvalue weighted by molar-refractivity contribution is 7.07. The van der Waals surface area contributed by atoms with Gasteiger partial charge in [-0.15, -0.1) is 11.3 Å². The zero-order valence-corrected chi connectivity index (χ0v) is 14.6. The first kappa shape index (κ1) is 16.7. The van der Waals surface area contributed by atoms with Gasteiger partial charge < -0.3 is 19.7 Å². The maximum atomic E-state index is 12.6. The molecule has 1 unspecified atom stereocenters. The second kappa shape index (κ2) is 7.63. The van der Waals surface area contributed by atoms with Gasteiger partial charge in [-0.3, -0.25) is 4.79 Å².